The Balaban J connectivity index is 0.000000160. The summed E-state index contributed by atoms with van der Waals surface area (Å²) in [6.07, 6.45) is 0.833. The van der Waals surface area contributed by atoms with Gasteiger partial charge < -0.3 is 5.73 Å². The molecule has 0 amide bonds. The van der Waals surface area contributed by atoms with E-state index in [0.29, 0.717) is 6.54 Å². The highest BCUT2D eigenvalue weighted by atomic mass is 16.1. The van der Waals surface area contributed by atoms with E-state index in [1.807, 2.05) is 48.5 Å². The summed E-state index contributed by atoms with van der Waals surface area (Å²) in [5.41, 5.74) is 7.27. The number of nitrogens with two attached hydrogens (primary N) is 1. The number of benzene rings is 2. The molecule has 0 bridgehead atoms. The van der Waals surface area contributed by atoms with Gasteiger partial charge in [0.1, 0.15) is 6.29 Å². The lowest BCUT2D eigenvalue weighted by atomic mass is 10.2. The van der Waals surface area contributed by atoms with Crippen LogP contribution in [0.15, 0.2) is 60.7 Å². The third-order valence-electron chi connectivity index (χ3n) is 2.01. The van der Waals surface area contributed by atoms with Crippen LogP contribution in [0.5, 0.6) is 0 Å². The molecule has 0 saturated heterocycles. The van der Waals surface area contributed by atoms with Crippen molar-refractivity contribution >= 4 is 6.29 Å². The highest BCUT2D eigenvalue weighted by Gasteiger charge is 1.80. The van der Waals surface area contributed by atoms with Gasteiger partial charge in [0.05, 0.1) is 0 Å². The molecule has 82 valence electrons. The highest BCUT2D eigenvalue weighted by Crippen LogP contribution is 1.94. The Morgan fingerprint density at radius 3 is 1.69 bits per heavy atom. The smallest absolute Gasteiger partial charge is 0.150 e. The minimum Gasteiger partial charge on any atom is -0.326 e. The number of carbonyl (C=O) groups excluding carboxylic acids is 1. The van der Waals surface area contributed by atoms with Crippen molar-refractivity contribution in [1.82, 2.24) is 0 Å². The van der Waals surface area contributed by atoms with Crippen molar-refractivity contribution in [3.8, 4) is 0 Å². The van der Waals surface area contributed by atoms with E-state index >= 15 is 0 Å². The first-order valence-electron chi connectivity index (χ1n) is 5.11. The summed E-state index contributed by atoms with van der Waals surface area (Å²) >= 11 is 0. The Hall–Kier alpha value is -1.93. The Bertz CT molecular complexity index is 398. The van der Waals surface area contributed by atoms with Gasteiger partial charge in [-0.2, -0.15) is 0 Å². The van der Waals surface area contributed by atoms with E-state index in [1.54, 1.807) is 12.1 Å². The van der Waals surface area contributed by atoms with E-state index in [1.165, 1.54) is 5.56 Å². The van der Waals surface area contributed by atoms with Crippen LogP contribution in [0, 0.1) is 0 Å². The standard InChI is InChI=1S/C7H9N.C7H6O/c2*8-6-7-4-2-1-3-5-7/h1-5H,6,8H2;1-6H. The first kappa shape index (κ1) is 12.1. The van der Waals surface area contributed by atoms with Gasteiger partial charge in [0.15, 0.2) is 0 Å². The van der Waals surface area contributed by atoms with Crippen molar-refractivity contribution in [2.24, 2.45) is 5.73 Å². The van der Waals surface area contributed by atoms with Crippen LogP contribution < -0.4 is 5.73 Å². The molecule has 0 saturated carbocycles. The fourth-order valence-electron chi connectivity index (χ4n) is 1.15. The molecule has 2 aromatic rings. The van der Waals surface area contributed by atoms with Crippen LogP contribution in [0.1, 0.15) is 15.9 Å². The highest BCUT2D eigenvalue weighted by molar-refractivity contribution is 5.74. The molecule has 0 heterocycles. The zero-order chi connectivity index (χ0) is 11.6. The Kier molecular flexibility index (Phi) is 5.59. The van der Waals surface area contributed by atoms with Crippen LogP contribution in [0.3, 0.4) is 0 Å². The summed E-state index contributed by atoms with van der Waals surface area (Å²) < 4.78 is 0. The van der Waals surface area contributed by atoms with Crippen molar-refractivity contribution < 1.29 is 4.79 Å². The van der Waals surface area contributed by atoms with Crippen molar-refractivity contribution in [3.05, 3.63) is 71.8 Å². The van der Waals surface area contributed by atoms with Gasteiger partial charge in [-0.3, -0.25) is 4.79 Å². The van der Waals surface area contributed by atoms with Crippen LogP contribution in [0.25, 0.3) is 0 Å². The molecule has 0 radical (unpaired) electrons. The molecule has 2 nitrogen and oxygen atoms in total. The third kappa shape index (κ3) is 4.53. The molecule has 0 spiro atoms. The Labute approximate surface area is 95.7 Å². The fourth-order valence-corrected chi connectivity index (χ4v) is 1.15. The monoisotopic (exact) mass is 213 g/mol. The normalized spacial score (nSPS) is 8.81. The molecule has 0 unspecified atom stereocenters. The molecule has 2 aromatic carbocycles. The molecular formula is C14H15NO. The van der Waals surface area contributed by atoms with E-state index < -0.39 is 0 Å². The second kappa shape index (κ2) is 7.37. The van der Waals surface area contributed by atoms with Gasteiger partial charge >= 0.3 is 0 Å². The van der Waals surface area contributed by atoms with Gasteiger partial charge in [-0.1, -0.05) is 60.7 Å². The number of rotatable bonds is 2. The summed E-state index contributed by atoms with van der Waals surface area (Å²) in [6.45, 7) is 0.640. The Morgan fingerprint density at radius 2 is 1.38 bits per heavy atom. The SMILES string of the molecule is NCc1ccccc1.O=Cc1ccccc1. The van der Waals surface area contributed by atoms with Gasteiger partial charge in [0.25, 0.3) is 0 Å². The van der Waals surface area contributed by atoms with Crippen molar-refractivity contribution in [3.63, 3.8) is 0 Å². The summed E-state index contributed by atoms with van der Waals surface area (Å²) in [5.74, 6) is 0. The molecular weight excluding hydrogens is 198 g/mol. The molecule has 0 atom stereocenters. The molecule has 0 aliphatic carbocycles. The van der Waals surface area contributed by atoms with Crippen LogP contribution in [0.2, 0.25) is 0 Å². The minimum atomic E-state index is 0.640. The van der Waals surface area contributed by atoms with Gasteiger partial charge in [0, 0.05) is 12.1 Å². The van der Waals surface area contributed by atoms with Crippen molar-refractivity contribution in [1.29, 1.82) is 0 Å². The predicted molar refractivity (Wildman–Crippen MR) is 66.2 cm³/mol. The van der Waals surface area contributed by atoms with E-state index in [-0.39, 0.29) is 0 Å². The quantitative estimate of drug-likeness (QED) is 0.779. The van der Waals surface area contributed by atoms with Gasteiger partial charge in [0.2, 0.25) is 0 Å². The van der Waals surface area contributed by atoms with E-state index in [2.05, 4.69) is 0 Å². The maximum absolute atomic E-state index is 10.0. The molecule has 0 aliphatic heterocycles. The zero-order valence-electron chi connectivity index (χ0n) is 9.04. The summed E-state index contributed by atoms with van der Waals surface area (Å²) in [6, 6.07) is 19.1. The minimum absolute atomic E-state index is 0.640. The van der Waals surface area contributed by atoms with Crippen LogP contribution in [-0.2, 0) is 6.54 Å². The predicted octanol–water partition coefficient (Wildman–Crippen LogP) is 2.64. The largest absolute Gasteiger partial charge is 0.326 e. The van der Waals surface area contributed by atoms with Gasteiger partial charge in [-0.25, -0.2) is 0 Å². The fraction of sp³-hybridized carbons (Fsp3) is 0.0714. The number of aldehydes is 1. The van der Waals surface area contributed by atoms with Gasteiger partial charge in [-0.15, -0.1) is 0 Å². The van der Waals surface area contributed by atoms with Crippen LogP contribution >= 0.6 is 0 Å². The second-order valence-corrected chi connectivity index (χ2v) is 3.22. The molecule has 0 aromatic heterocycles. The number of hydrogen-bond acceptors (Lipinski definition) is 2. The topological polar surface area (TPSA) is 43.1 Å². The van der Waals surface area contributed by atoms with Crippen molar-refractivity contribution in [2.45, 2.75) is 6.54 Å². The first-order chi connectivity index (χ1) is 7.86. The maximum Gasteiger partial charge on any atom is 0.150 e. The molecule has 2 heteroatoms. The molecule has 16 heavy (non-hydrogen) atoms. The molecule has 2 rings (SSSR count). The van der Waals surface area contributed by atoms with E-state index in [4.69, 9.17) is 5.73 Å². The van der Waals surface area contributed by atoms with E-state index in [0.717, 1.165) is 11.8 Å². The lowest BCUT2D eigenvalue weighted by molar-refractivity contribution is 0.112. The molecule has 0 aliphatic rings. The summed E-state index contributed by atoms with van der Waals surface area (Å²) in [7, 11) is 0. The average Bonchev–Trinajstić information content (AvgIpc) is 2.41. The zero-order valence-corrected chi connectivity index (χ0v) is 9.04. The summed E-state index contributed by atoms with van der Waals surface area (Å²) in [5, 5.41) is 0. The number of carbonyl (C=O) groups is 1. The maximum atomic E-state index is 10.0. The summed E-state index contributed by atoms with van der Waals surface area (Å²) in [4.78, 5) is 10.0. The van der Waals surface area contributed by atoms with Crippen LogP contribution in [0.4, 0.5) is 0 Å². The lowest BCUT2D eigenvalue weighted by Crippen LogP contribution is -1.94. The van der Waals surface area contributed by atoms with Crippen molar-refractivity contribution in [2.75, 3.05) is 0 Å². The Morgan fingerprint density at radius 1 is 0.875 bits per heavy atom. The molecule has 2 N–H and O–H groups in total. The second-order valence-electron chi connectivity index (χ2n) is 3.22. The third-order valence-corrected chi connectivity index (χ3v) is 2.01. The van der Waals surface area contributed by atoms with Gasteiger partial charge in [-0.05, 0) is 5.56 Å². The number of hydrogen-bond donors (Lipinski definition) is 1. The molecule has 0 fully saturated rings. The average molecular weight is 213 g/mol. The van der Waals surface area contributed by atoms with E-state index in [9.17, 15) is 4.79 Å². The van der Waals surface area contributed by atoms with Crippen LogP contribution in [-0.4, -0.2) is 6.29 Å². The first-order valence-corrected chi connectivity index (χ1v) is 5.11. The lowest BCUT2D eigenvalue weighted by Gasteiger charge is -1.90.